The molecular formula is C14H15N3O4. The first kappa shape index (κ1) is 12.8. The molecule has 0 aliphatic carbocycles. The standard InChI is InChI=1S/C14H15N3O4/c18-10-7-20-11-9(6-19-12(10)11)15-14-16-13(17-21-14)8-4-2-1-3-5-8/h1-5,9-12,18H,6-7H2,(H,15,16,17)/t9-,10-,11-,12-/m1/s1. The van der Waals surface area contributed by atoms with Crippen LogP contribution in [-0.4, -0.2) is 52.8 Å². The average molecular weight is 289 g/mol. The number of aliphatic hydroxyl groups is 1. The molecule has 0 spiro atoms. The molecule has 0 saturated carbocycles. The van der Waals surface area contributed by atoms with Crippen molar-refractivity contribution in [2.24, 2.45) is 0 Å². The normalized spacial score (nSPS) is 31.3. The number of fused-ring (bicyclic) bond motifs is 1. The van der Waals surface area contributed by atoms with Gasteiger partial charge in [0.15, 0.2) is 0 Å². The van der Waals surface area contributed by atoms with Gasteiger partial charge in [0, 0.05) is 5.56 Å². The van der Waals surface area contributed by atoms with E-state index in [0.717, 1.165) is 5.56 Å². The zero-order valence-corrected chi connectivity index (χ0v) is 11.2. The SMILES string of the molecule is O[C@@H]1CO[C@H]2[C@@H]1OC[C@H]2Nc1nc(-c2ccccc2)no1. The molecule has 2 N–H and O–H groups in total. The van der Waals surface area contributed by atoms with Crippen molar-refractivity contribution in [2.75, 3.05) is 18.5 Å². The number of anilines is 1. The summed E-state index contributed by atoms with van der Waals surface area (Å²) in [5, 5.41) is 16.8. The van der Waals surface area contributed by atoms with E-state index in [9.17, 15) is 5.11 Å². The van der Waals surface area contributed by atoms with Crippen molar-refractivity contribution in [3.8, 4) is 11.4 Å². The third kappa shape index (κ3) is 2.29. The van der Waals surface area contributed by atoms with Crippen LogP contribution in [0.25, 0.3) is 11.4 Å². The molecule has 2 fully saturated rings. The Morgan fingerprint density at radius 3 is 2.76 bits per heavy atom. The predicted octanol–water partition coefficient (Wildman–Crippen LogP) is 0.676. The molecule has 4 atom stereocenters. The van der Waals surface area contributed by atoms with E-state index in [0.29, 0.717) is 25.1 Å². The molecule has 1 aromatic carbocycles. The quantitative estimate of drug-likeness (QED) is 0.858. The van der Waals surface area contributed by atoms with Gasteiger partial charge in [-0.2, -0.15) is 4.98 Å². The third-order valence-electron chi connectivity index (χ3n) is 3.79. The molecule has 110 valence electrons. The van der Waals surface area contributed by atoms with Crippen molar-refractivity contribution < 1.29 is 19.1 Å². The van der Waals surface area contributed by atoms with Gasteiger partial charge in [-0.05, 0) is 0 Å². The Hall–Kier alpha value is -1.96. The third-order valence-corrected chi connectivity index (χ3v) is 3.79. The number of rotatable bonds is 3. The lowest BCUT2D eigenvalue weighted by molar-refractivity contribution is 0.0184. The summed E-state index contributed by atoms with van der Waals surface area (Å²) < 4.78 is 16.3. The number of nitrogens with one attached hydrogen (secondary N) is 1. The molecule has 0 bridgehead atoms. The Morgan fingerprint density at radius 1 is 1.10 bits per heavy atom. The van der Waals surface area contributed by atoms with Gasteiger partial charge in [-0.3, -0.25) is 0 Å². The van der Waals surface area contributed by atoms with Crippen LogP contribution in [0.2, 0.25) is 0 Å². The van der Waals surface area contributed by atoms with E-state index in [1.807, 2.05) is 30.3 Å². The van der Waals surface area contributed by atoms with Crippen LogP contribution < -0.4 is 5.32 Å². The number of aromatic nitrogens is 2. The van der Waals surface area contributed by atoms with Gasteiger partial charge in [-0.1, -0.05) is 35.5 Å². The van der Waals surface area contributed by atoms with Gasteiger partial charge in [-0.15, -0.1) is 0 Å². The lowest BCUT2D eigenvalue weighted by Gasteiger charge is -2.15. The average Bonchev–Trinajstić information content (AvgIpc) is 3.21. The Kier molecular flexibility index (Phi) is 3.10. The van der Waals surface area contributed by atoms with Gasteiger partial charge < -0.3 is 24.4 Å². The topological polar surface area (TPSA) is 89.6 Å². The molecular weight excluding hydrogens is 274 g/mol. The van der Waals surface area contributed by atoms with Crippen LogP contribution in [0.15, 0.2) is 34.9 Å². The van der Waals surface area contributed by atoms with Crippen molar-refractivity contribution >= 4 is 6.01 Å². The van der Waals surface area contributed by atoms with E-state index in [4.69, 9.17) is 14.0 Å². The van der Waals surface area contributed by atoms with Gasteiger partial charge in [0.25, 0.3) is 0 Å². The second-order valence-corrected chi connectivity index (χ2v) is 5.20. The van der Waals surface area contributed by atoms with Crippen molar-refractivity contribution in [1.29, 1.82) is 0 Å². The van der Waals surface area contributed by atoms with Gasteiger partial charge in [-0.25, -0.2) is 0 Å². The largest absolute Gasteiger partial charge is 0.388 e. The summed E-state index contributed by atoms with van der Waals surface area (Å²) in [4.78, 5) is 4.31. The summed E-state index contributed by atoms with van der Waals surface area (Å²) in [5.74, 6) is 0.529. The van der Waals surface area contributed by atoms with Crippen LogP contribution in [0.4, 0.5) is 6.01 Å². The number of benzene rings is 1. The first-order valence-corrected chi connectivity index (χ1v) is 6.88. The van der Waals surface area contributed by atoms with E-state index in [1.165, 1.54) is 0 Å². The molecule has 4 rings (SSSR count). The molecule has 0 unspecified atom stereocenters. The summed E-state index contributed by atoms with van der Waals surface area (Å²) in [6, 6.07) is 9.83. The van der Waals surface area contributed by atoms with Gasteiger partial charge in [0.05, 0.1) is 19.3 Å². The number of hydrogen-bond donors (Lipinski definition) is 2. The minimum absolute atomic E-state index is 0.101. The Bertz CT molecular complexity index is 618. The zero-order valence-electron chi connectivity index (χ0n) is 11.2. The molecule has 3 heterocycles. The molecule has 7 nitrogen and oxygen atoms in total. The van der Waals surface area contributed by atoms with Crippen molar-refractivity contribution in [1.82, 2.24) is 10.1 Å². The monoisotopic (exact) mass is 289 g/mol. The van der Waals surface area contributed by atoms with Crippen molar-refractivity contribution in [3.05, 3.63) is 30.3 Å². The molecule has 7 heteroatoms. The molecule has 2 aromatic rings. The van der Waals surface area contributed by atoms with Crippen LogP contribution in [0.1, 0.15) is 0 Å². The summed E-state index contributed by atoms with van der Waals surface area (Å²) in [7, 11) is 0. The Morgan fingerprint density at radius 2 is 1.90 bits per heavy atom. The van der Waals surface area contributed by atoms with Gasteiger partial charge >= 0.3 is 6.01 Å². The second-order valence-electron chi connectivity index (χ2n) is 5.20. The number of nitrogens with zero attached hydrogens (tertiary/aromatic N) is 2. The summed E-state index contributed by atoms with van der Waals surface area (Å²) >= 11 is 0. The van der Waals surface area contributed by atoms with E-state index < -0.39 is 6.10 Å². The fraction of sp³-hybridized carbons (Fsp3) is 0.429. The highest BCUT2D eigenvalue weighted by Gasteiger charge is 2.47. The second kappa shape index (κ2) is 5.10. The first-order chi connectivity index (χ1) is 10.3. The highest BCUT2D eigenvalue weighted by Crippen LogP contribution is 2.29. The van der Waals surface area contributed by atoms with Crippen LogP contribution in [0, 0.1) is 0 Å². The van der Waals surface area contributed by atoms with E-state index in [2.05, 4.69) is 15.5 Å². The molecule has 2 aliphatic rings. The van der Waals surface area contributed by atoms with Crippen LogP contribution in [-0.2, 0) is 9.47 Å². The fourth-order valence-electron chi connectivity index (χ4n) is 2.75. The summed E-state index contributed by atoms with van der Waals surface area (Å²) in [6.45, 7) is 0.738. The molecule has 1 aromatic heterocycles. The van der Waals surface area contributed by atoms with Crippen LogP contribution >= 0.6 is 0 Å². The van der Waals surface area contributed by atoms with Gasteiger partial charge in [0.2, 0.25) is 5.82 Å². The lowest BCUT2D eigenvalue weighted by Crippen LogP contribution is -2.36. The predicted molar refractivity (Wildman–Crippen MR) is 72.6 cm³/mol. The number of aliphatic hydroxyl groups excluding tert-OH is 1. The maximum atomic E-state index is 9.71. The Labute approximate surface area is 120 Å². The molecule has 2 saturated heterocycles. The maximum Gasteiger partial charge on any atom is 0.322 e. The van der Waals surface area contributed by atoms with Crippen molar-refractivity contribution in [2.45, 2.75) is 24.4 Å². The number of ether oxygens (including phenoxy) is 2. The van der Waals surface area contributed by atoms with Crippen LogP contribution in [0.3, 0.4) is 0 Å². The number of hydrogen-bond acceptors (Lipinski definition) is 7. The van der Waals surface area contributed by atoms with Crippen LogP contribution in [0.5, 0.6) is 0 Å². The summed E-state index contributed by atoms with van der Waals surface area (Å²) in [6.07, 6.45) is -1.03. The Balaban J connectivity index is 1.48. The van der Waals surface area contributed by atoms with E-state index >= 15 is 0 Å². The first-order valence-electron chi connectivity index (χ1n) is 6.88. The minimum atomic E-state index is -0.565. The highest BCUT2D eigenvalue weighted by atomic mass is 16.6. The smallest absolute Gasteiger partial charge is 0.322 e. The summed E-state index contributed by atoms with van der Waals surface area (Å²) in [5.41, 5.74) is 0.891. The highest BCUT2D eigenvalue weighted by molar-refractivity contribution is 5.55. The molecule has 21 heavy (non-hydrogen) atoms. The maximum absolute atomic E-state index is 9.71. The fourth-order valence-corrected chi connectivity index (χ4v) is 2.75. The van der Waals surface area contributed by atoms with Gasteiger partial charge in [0.1, 0.15) is 18.3 Å². The van der Waals surface area contributed by atoms with Crippen molar-refractivity contribution in [3.63, 3.8) is 0 Å². The van der Waals surface area contributed by atoms with E-state index in [1.54, 1.807) is 0 Å². The van der Waals surface area contributed by atoms with E-state index in [-0.39, 0.29) is 18.2 Å². The molecule has 0 radical (unpaired) electrons. The minimum Gasteiger partial charge on any atom is -0.388 e. The zero-order chi connectivity index (χ0) is 14.2. The molecule has 0 amide bonds. The lowest BCUT2D eigenvalue weighted by atomic mass is 10.1. The molecule has 2 aliphatic heterocycles.